The minimum Gasteiger partial charge on any atom is -0.465 e. The van der Waals surface area contributed by atoms with Gasteiger partial charge in [0.05, 0.1) is 6.61 Å². The summed E-state index contributed by atoms with van der Waals surface area (Å²) in [5, 5.41) is 4.02. The third-order valence-corrected chi connectivity index (χ3v) is 5.47. The zero-order valence-electron chi connectivity index (χ0n) is 12.7. The molecular weight excluding hydrogens is 258 g/mol. The Morgan fingerprint density at radius 3 is 2.63 bits per heavy atom. The Balaban J connectivity index is 2.15. The SMILES string of the molecule is CCOC(=O)C(C)(CCCCSC1CCCC1)NC. The second-order valence-electron chi connectivity index (χ2n) is 5.54. The molecule has 0 aromatic carbocycles. The summed E-state index contributed by atoms with van der Waals surface area (Å²) in [7, 11) is 1.84. The van der Waals surface area contributed by atoms with Crippen molar-refractivity contribution in [2.75, 3.05) is 19.4 Å². The number of unbranched alkanes of at least 4 members (excludes halogenated alkanes) is 1. The summed E-state index contributed by atoms with van der Waals surface area (Å²) in [5.74, 6) is 1.11. The van der Waals surface area contributed by atoms with Crippen LogP contribution in [0.25, 0.3) is 0 Å². The number of likely N-dealkylation sites (N-methyl/N-ethyl adjacent to an activating group) is 1. The highest BCUT2D eigenvalue weighted by Crippen LogP contribution is 2.30. The average molecular weight is 287 g/mol. The van der Waals surface area contributed by atoms with Gasteiger partial charge in [0.15, 0.2) is 0 Å². The van der Waals surface area contributed by atoms with Gasteiger partial charge in [0.2, 0.25) is 0 Å². The van der Waals surface area contributed by atoms with Crippen LogP contribution in [0, 0.1) is 0 Å². The molecule has 0 bridgehead atoms. The highest BCUT2D eigenvalue weighted by Gasteiger charge is 2.32. The van der Waals surface area contributed by atoms with Crippen molar-refractivity contribution in [3.8, 4) is 0 Å². The van der Waals surface area contributed by atoms with Crippen LogP contribution >= 0.6 is 11.8 Å². The van der Waals surface area contributed by atoms with Crippen molar-refractivity contribution < 1.29 is 9.53 Å². The molecule has 0 heterocycles. The number of ether oxygens (including phenoxy) is 1. The minimum absolute atomic E-state index is 0.124. The summed E-state index contributed by atoms with van der Waals surface area (Å²) in [5.41, 5.74) is -0.520. The number of hydrogen-bond donors (Lipinski definition) is 1. The van der Waals surface area contributed by atoms with E-state index in [1.54, 1.807) is 0 Å². The van der Waals surface area contributed by atoms with E-state index in [1.807, 2.05) is 20.9 Å². The molecule has 1 rings (SSSR count). The van der Waals surface area contributed by atoms with E-state index in [9.17, 15) is 4.79 Å². The van der Waals surface area contributed by atoms with Gasteiger partial charge in [-0.1, -0.05) is 19.3 Å². The first kappa shape index (κ1) is 16.8. The molecule has 1 fully saturated rings. The molecule has 1 unspecified atom stereocenters. The van der Waals surface area contributed by atoms with Crippen LogP contribution in [-0.4, -0.2) is 36.2 Å². The maximum atomic E-state index is 11.9. The van der Waals surface area contributed by atoms with Gasteiger partial charge in [0.1, 0.15) is 5.54 Å². The fourth-order valence-electron chi connectivity index (χ4n) is 2.51. The molecule has 0 saturated heterocycles. The number of carbonyl (C=O) groups excluding carboxylic acids is 1. The van der Waals surface area contributed by atoms with Crippen molar-refractivity contribution in [1.82, 2.24) is 5.32 Å². The largest absolute Gasteiger partial charge is 0.465 e. The van der Waals surface area contributed by atoms with E-state index >= 15 is 0 Å². The second-order valence-corrected chi connectivity index (χ2v) is 6.95. The standard InChI is InChI=1S/C15H29NO2S/c1-4-18-14(17)15(2,16-3)11-7-8-12-19-13-9-5-6-10-13/h13,16H,4-12H2,1-3H3. The zero-order valence-corrected chi connectivity index (χ0v) is 13.5. The molecule has 1 N–H and O–H groups in total. The predicted molar refractivity (Wildman–Crippen MR) is 82.7 cm³/mol. The Kier molecular flexibility index (Phi) is 7.84. The summed E-state index contributed by atoms with van der Waals surface area (Å²) in [6.45, 7) is 4.25. The molecule has 4 heteroatoms. The van der Waals surface area contributed by atoms with Gasteiger partial charge in [-0.2, -0.15) is 11.8 Å². The molecule has 1 aliphatic rings. The van der Waals surface area contributed by atoms with Crippen LogP contribution in [0.1, 0.15) is 58.8 Å². The van der Waals surface area contributed by atoms with Crippen molar-refractivity contribution in [2.24, 2.45) is 0 Å². The minimum atomic E-state index is -0.520. The van der Waals surface area contributed by atoms with Crippen molar-refractivity contribution in [1.29, 1.82) is 0 Å². The van der Waals surface area contributed by atoms with E-state index in [-0.39, 0.29) is 5.97 Å². The summed E-state index contributed by atoms with van der Waals surface area (Å²) in [6, 6.07) is 0. The molecule has 1 saturated carbocycles. The van der Waals surface area contributed by atoms with Gasteiger partial charge in [-0.3, -0.25) is 4.79 Å². The maximum absolute atomic E-state index is 11.9. The molecule has 112 valence electrons. The van der Waals surface area contributed by atoms with Crippen LogP contribution in [0.4, 0.5) is 0 Å². The molecule has 1 atom stereocenters. The second kappa shape index (κ2) is 8.85. The monoisotopic (exact) mass is 287 g/mol. The van der Waals surface area contributed by atoms with Crippen molar-refractivity contribution in [2.45, 2.75) is 69.6 Å². The van der Waals surface area contributed by atoms with Crippen LogP contribution in [0.2, 0.25) is 0 Å². The van der Waals surface area contributed by atoms with Crippen molar-refractivity contribution >= 4 is 17.7 Å². The molecule has 0 aromatic rings. The first-order chi connectivity index (χ1) is 9.12. The number of nitrogens with one attached hydrogen (secondary N) is 1. The molecular formula is C15H29NO2S. The van der Waals surface area contributed by atoms with E-state index in [4.69, 9.17) is 4.74 Å². The fourth-order valence-corrected chi connectivity index (χ4v) is 3.88. The Morgan fingerprint density at radius 1 is 1.37 bits per heavy atom. The van der Waals surface area contributed by atoms with E-state index in [0.717, 1.165) is 18.1 Å². The smallest absolute Gasteiger partial charge is 0.326 e. The summed E-state index contributed by atoms with van der Waals surface area (Å²) >= 11 is 2.12. The zero-order chi connectivity index (χ0) is 14.1. The van der Waals surface area contributed by atoms with Crippen LogP contribution in [0.15, 0.2) is 0 Å². The first-order valence-corrected chi connectivity index (χ1v) is 8.65. The Labute approximate surface area is 122 Å². The molecule has 1 aliphatic carbocycles. The quantitative estimate of drug-likeness (QED) is 0.521. The van der Waals surface area contributed by atoms with E-state index in [1.165, 1.54) is 37.9 Å². The average Bonchev–Trinajstić information content (AvgIpc) is 2.91. The molecule has 0 radical (unpaired) electrons. The van der Waals surface area contributed by atoms with Gasteiger partial charge in [-0.15, -0.1) is 0 Å². The lowest BCUT2D eigenvalue weighted by molar-refractivity contribution is -0.150. The van der Waals surface area contributed by atoms with Crippen molar-refractivity contribution in [3.63, 3.8) is 0 Å². The molecule has 0 spiro atoms. The lowest BCUT2D eigenvalue weighted by Crippen LogP contribution is -2.48. The van der Waals surface area contributed by atoms with Gasteiger partial charge >= 0.3 is 5.97 Å². The van der Waals surface area contributed by atoms with E-state index in [0.29, 0.717) is 6.61 Å². The van der Waals surface area contributed by atoms with Gasteiger partial charge in [-0.05, 0) is 52.3 Å². The number of esters is 1. The number of rotatable bonds is 9. The van der Waals surface area contributed by atoms with Crippen LogP contribution in [-0.2, 0) is 9.53 Å². The maximum Gasteiger partial charge on any atom is 0.326 e. The third-order valence-electron chi connectivity index (χ3n) is 4.00. The molecule has 0 aliphatic heterocycles. The first-order valence-electron chi connectivity index (χ1n) is 7.60. The highest BCUT2D eigenvalue weighted by atomic mass is 32.2. The Morgan fingerprint density at radius 2 is 2.05 bits per heavy atom. The Hall–Kier alpha value is -0.220. The molecule has 0 amide bonds. The van der Waals surface area contributed by atoms with Crippen molar-refractivity contribution in [3.05, 3.63) is 0 Å². The molecule has 3 nitrogen and oxygen atoms in total. The summed E-state index contributed by atoms with van der Waals surface area (Å²) in [4.78, 5) is 11.9. The van der Waals surface area contributed by atoms with Gasteiger partial charge in [-0.25, -0.2) is 0 Å². The summed E-state index contributed by atoms with van der Waals surface area (Å²) < 4.78 is 5.13. The van der Waals surface area contributed by atoms with Crippen LogP contribution < -0.4 is 5.32 Å². The van der Waals surface area contributed by atoms with E-state index < -0.39 is 5.54 Å². The van der Waals surface area contributed by atoms with E-state index in [2.05, 4.69) is 17.1 Å². The summed E-state index contributed by atoms with van der Waals surface area (Å²) in [6.07, 6.45) is 8.77. The number of carbonyl (C=O) groups is 1. The fraction of sp³-hybridized carbons (Fsp3) is 0.933. The molecule has 0 aromatic heterocycles. The normalized spacial score (nSPS) is 19.3. The predicted octanol–water partition coefficient (Wildman–Crippen LogP) is 3.37. The van der Waals surface area contributed by atoms with Crippen LogP contribution in [0.5, 0.6) is 0 Å². The third kappa shape index (κ3) is 5.74. The lowest BCUT2D eigenvalue weighted by Gasteiger charge is -2.26. The topological polar surface area (TPSA) is 38.3 Å². The van der Waals surface area contributed by atoms with Gasteiger partial charge < -0.3 is 10.1 Å². The van der Waals surface area contributed by atoms with Crippen LogP contribution in [0.3, 0.4) is 0 Å². The van der Waals surface area contributed by atoms with Gasteiger partial charge in [0.25, 0.3) is 0 Å². The molecule has 19 heavy (non-hydrogen) atoms. The number of hydrogen-bond acceptors (Lipinski definition) is 4. The number of thioether (sulfide) groups is 1. The van der Waals surface area contributed by atoms with Gasteiger partial charge in [0, 0.05) is 5.25 Å². The Bertz CT molecular complexity index is 267. The lowest BCUT2D eigenvalue weighted by atomic mass is 9.95. The highest BCUT2D eigenvalue weighted by molar-refractivity contribution is 7.99.